The van der Waals surface area contributed by atoms with E-state index in [1.807, 2.05) is 19.1 Å². The molecule has 0 saturated heterocycles. The van der Waals surface area contributed by atoms with Crippen LogP contribution in [-0.2, 0) is 6.42 Å². The molecule has 0 aliphatic rings. The number of aryl methyl sites for hydroxylation is 3. The third-order valence-electron chi connectivity index (χ3n) is 5.19. The third kappa shape index (κ3) is 4.69. The Labute approximate surface area is 186 Å². The molecule has 160 valence electrons. The highest BCUT2D eigenvalue weighted by atomic mass is 32.2. The van der Waals surface area contributed by atoms with Crippen LogP contribution in [0.1, 0.15) is 54.8 Å². The Morgan fingerprint density at radius 2 is 1.87 bits per heavy atom. The summed E-state index contributed by atoms with van der Waals surface area (Å²) in [5.74, 6) is 2.14. The summed E-state index contributed by atoms with van der Waals surface area (Å²) in [6, 6.07) is 10.3. The fourth-order valence-electron chi connectivity index (χ4n) is 3.21. The molecule has 0 N–H and O–H groups in total. The zero-order valence-electron chi connectivity index (χ0n) is 18.2. The van der Waals surface area contributed by atoms with Crippen LogP contribution in [0.3, 0.4) is 0 Å². The van der Waals surface area contributed by atoms with Crippen molar-refractivity contribution in [1.29, 1.82) is 0 Å². The Hall–Kier alpha value is -3.00. The lowest BCUT2D eigenvalue weighted by molar-refractivity contribution is 0.374. The second kappa shape index (κ2) is 9.43. The SMILES string of the molecule is CCCCc1noc(C(C)Sc2nnc(-c3ccncc3)n2-c2ccc(C)c(C)c2)n1. The molecular formula is C23H26N6OS. The molecule has 4 aromatic rings. The average molecular weight is 435 g/mol. The van der Waals surface area contributed by atoms with Crippen molar-refractivity contribution in [2.75, 3.05) is 0 Å². The zero-order valence-corrected chi connectivity index (χ0v) is 19.1. The van der Waals surface area contributed by atoms with Gasteiger partial charge in [-0.15, -0.1) is 10.2 Å². The van der Waals surface area contributed by atoms with E-state index in [0.29, 0.717) is 5.89 Å². The minimum atomic E-state index is -0.0531. The lowest BCUT2D eigenvalue weighted by atomic mass is 10.1. The quantitative estimate of drug-likeness (QED) is 0.337. The molecule has 0 amide bonds. The first-order valence-corrected chi connectivity index (χ1v) is 11.4. The number of aromatic nitrogens is 6. The van der Waals surface area contributed by atoms with Gasteiger partial charge in [0.15, 0.2) is 16.8 Å². The van der Waals surface area contributed by atoms with Crippen LogP contribution in [0.4, 0.5) is 0 Å². The molecular weight excluding hydrogens is 408 g/mol. The van der Waals surface area contributed by atoms with E-state index in [0.717, 1.165) is 47.3 Å². The first kappa shape index (κ1) is 21.2. The molecule has 0 fully saturated rings. The maximum absolute atomic E-state index is 5.52. The summed E-state index contributed by atoms with van der Waals surface area (Å²) in [7, 11) is 0. The zero-order chi connectivity index (χ0) is 21.8. The van der Waals surface area contributed by atoms with Gasteiger partial charge in [0.2, 0.25) is 5.89 Å². The van der Waals surface area contributed by atoms with E-state index in [1.165, 1.54) is 11.1 Å². The van der Waals surface area contributed by atoms with Crippen LogP contribution in [0.2, 0.25) is 0 Å². The Morgan fingerprint density at radius 3 is 2.61 bits per heavy atom. The first-order valence-electron chi connectivity index (χ1n) is 10.5. The maximum atomic E-state index is 5.52. The van der Waals surface area contributed by atoms with Crippen LogP contribution >= 0.6 is 11.8 Å². The highest BCUT2D eigenvalue weighted by Gasteiger charge is 2.22. The van der Waals surface area contributed by atoms with E-state index in [2.05, 4.69) is 68.9 Å². The van der Waals surface area contributed by atoms with Crippen LogP contribution in [0.25, 0.3) is 17.1 Å². The van der Waals surface area contributed by atoms with E-state index in [1.54, 1.807) is 24.2 Å². The lowest BCUT2D eigenvalue weighted by Crippen LogP contribution is -2.02. The minimum Gasteiger partial charge on any atom is -0.338 e. The Balaban J connectivity index is 1.69. The summed E-state index contributed by atoms with van der Waals surface area (Å²) in [5, 5.41) is 13.9. The summed E-state index contributed by atoms with van der Waals surface area (Å²) < 4.78 is 7.60. The fraction of sp³-hybridized carbons (Fsp3) is 0.348. The van der Waals surface area contributed by atoms with Crippen molar-refractivity contribution in [3.63, 3.8) is 0 Å². The lowest BCUT2D eigenvalue weighted by Gasteiger charge is -2.13. The number of rotatable bonds is 8. The summed E-state index contributed by atoms with van der Waals surface area (Å²) in [6.45, 7) is 8.42. The summed E-state index contributed by atoms with van der Waals surface area (Å²) in [5.41, 5.74) is 4.44. The highest BCUT2D eigenvalue weighted by molar-refractivity contribution is 7.99. The normalized spacial score (nSPS) is 12.3. The van der Waals surface area contributed by atoms with Crippen molar-refractivity contribution in [3.05, 3.63) is 65.6 Å². The van der Waals surface area contributed by atoms with Gasteiger partial charge < -0.3 is 4.52 Å². The average Bonchev–Trinajstić information content (AvgIpc) is 3.42. The van der Waals surface area contributed by atoms with E-state index in [9.17, 15) is 0 Å². The molecule has 3 aromatic heterocycles. The van der Waals surface area contributed by atoms with Gasteiger partial charge in [-0.05, 0) is 62.6 Å². The van der Waals surface area contributed by atoms with Crippen molar-refractivity contribution in [2.45, 2.75) is 57.4 Å². The van der Waals surface area contributed by atoms with Gasteiger partial charge in [-0.2, -0.15) is 4.98 Å². The minimum absolute atomic E-state index is 0.0531. The van der Waals surface area contributed by atoms with Crippen molar-refractivity contribution in [2.24, 2.45) is 0 Å². The van der Waals surface area contributed by atoms with Crippen LogP contribution < -0.4 is 0 Å². The smallest absolute Gasteiger partial charge is 0.239 e. The van der Waals surface area contributed by atoms with E-state index in [4.69, 9.17) is 4.52 Å². The molecule has 1 unspecified atom stereocenters. The van der Waals surface area contributed by atoms with Gasteiger partial charge in [0, 0.05) is 24.4 Å². The number of pyridine rings is 1. The maximum Gasteiger partial charge on any atom is 0.239 e. The number of hydrogen-bond donors (Lipinski definition) is 0. The molecule has 0 spiro atoms. The Kier molecular flexibility index (Phi) is 6.46. The van der Waals surface area contributed by atoms with Gasteiger partial charge in [-0.25, -0.2) is 0 Å². The largest absolute Gasteiger partial charge is 0.338 e. The van der Waals surface area contributed by atoms with Gasteiger partial charge >= 0.3 is 0 Å². The summed E-state index contributed by atoms with van der Waals surface area (Å²) in [6.07, 6.45) is 6.52. The number of benzene rings is 1. The first-order chi connectivity index (χ1) is 15.1. The van der Waals surface area contributed by atoms with Gasteiger partial charge in [-0.3, -0.25) is 9.55 Å². The van der Waals surface area contributed by atoms with Crippen LogP contribution in [-0.4, -0.2) is 29.9 Å². The predicted octanol–water partition coefficient (Wildman–Crippen LogP) is 5.53. The molecule has 1 aromatic carbocycles. The van der Waals surface area contributed by atoms with Crippen LogP contribution in [0.15, 0.2) is 52.4 Å². The molecule has 3 heterocycles. The Bertz CT molecular complexity index is 1150. The standard InChI is InChI=1S/C23H26N6OS/c1-5-6-7-20-25-22(30-28-20)17(4)31-23-27-26-21(18-10-12-24-13-11-18)29(23)19-9-8-15(2)16(3)14-19/h8-14,17H,5-7H2,1-4H3. The summed E-state index contributed by atoms with van der Waals surface area (Å²) in [4.78, 5) is 8.70. The highest BCUT2D eigenvalue weighted by Crippen LogP contribution is 2.36. The predicted molar refractivity (Wildman–Crippen MR) is 121 cm³/mol. The van der Waals surface area contributed by atoms with Gasteiger partial charge in [0.1, 0.15) is 0 Å². The number of thioether (sulfide) groups is 1. The molecule has 0 aliphatic heterocycles. The van der Waals surface area contributed by atoms with E-state index < -0.39 is 0 Å². The van der Waals surface area contributed by atoms with Crippen LogP contribution in [0.5, 0.6) is 0 Å². The second-order valence-corrected chi connectivity index (χ2v) is 8.87. The number of unbranched alkanes of at least 4 members (excludes halogenated alkanes) is 1. The van der Waals surface area contributed by atoms with Gasteiger partial charge in [0.25, 0.3) is 0 Å². The number of nitrogens with zero attached hydrogens (tertiary/aromatic N) is 6. The fourth-order valence-corrected chi connectivity index (χ4v) is 4.11. The van der Waals surface area contributed by atoms with Gasteiger partial charge in [-0.1, -0.05) is 36.3 Å². The molecule has 7 nitrogen and oxygen atoms in total. The molecule has 31 heavy (non-hydrogen) atoms. The van der Waals surface area contributed by atoms with Crippen molar-refractivity contribution < 1.29 is 4.52 Å². The topological polar surface area (TPSA) is 82.5 Å². The second-order valence-electron chi connectivity index (χ2n) is 7.56. The Morgan fingerprint density at radius 1 is 1.06 bits per heavy atom. The van der Waals surface area contributed by atoms with Crippen LogP contribution in [0, 0.1) is 13.8 Å². The van der Waals surface area contributed by atoms with Gasteiger partial charge in [0.05, 0.1) is 10.9 Å². The molecule has 0 bridgehead atoms. The number of hydrogen-bond acceptors (Lipinski definition) is 7. The molecule has 8 heteroatoms. The van der Waals surface area contributed by atoms with Crippen molar-refractivity contribution >= 4 is 11.8 Å². The molecule has 4 rings (SSSR count). The third-order valence-corrected chi connectivity index (χ3v) is 6.22. The van der Waals surface area contributed by atoms with Crippen molar-refractivity contribution in [1.82, 2.24) is 29.9 Å². The van der Waals surface area contributed by atoms with E-state index >= 15 is 0 Å². The van der Waals surface area contributed by atoms with Crippen molar-refractivity contribution in [3.8, 4) is 17.1 Å². The molecule has 0 aliphatic carbocycles. The molecule has 0 saturated carbocycles. The molecule has 0 radical (unpaired) electrons. The molecule has 1 atom stereocenters. The monoisotopic (exact) mass is 434 g/mol. The van der Waals surface area contributed by atoms with E-state index in [-0.39, 0.29) is 5.25 Å². The summed E-state index contributed by atoms with van der Waals surface area (Å²) >= 11 is 1.56.